The van der Waals surface area contributed by atoms with E-state index in [0.717, 1.165) is 49.4 Å². The molecule has 1 aromatic heterocycles. The molecule has 0 aliphatic rings. The molecule has 2 rings (SSSR count). The number of aryl methyl sites for hydroxylation is 1. The van der Waals surface area contributed by atoms with Gasteiger partial charge < -0.3 is 10.6 Å². The maximum atomic E-state index is 13.1. The summed E-state index contributed by atoms with van der Waals surface area (Å²) in [6.07, 6.45) is 4.36. The van der Waals surface area contributed by atoms with Gasteiger partial charge in [0.05, 0.1) is 0 Å². The number of pyridine rings is 1. The Morgan fingerprint density at radius 3 is 2.67 bits per heavy atom. The van der Waals surface area contributed by atoms with Crippen LogP contribution >= 0.6 is 11.6 Å². The van der Waals surface area contributed by atoms with Crippen LogP contribution in [0.25, 0.3) is 0 Å². The van der Waals surface area contributed by atoms with Crippen molar-refractivity contribution in [2.75, 3.05) is 20.1 Å². The highest BCUT2D eigenvalue weighted by molar-refractivity contribution is 6.29. The zero-order valence-corrected chi connectivity index (χ0v) is 14.5. The molecule has 4 nitrogen and oxygen atoms in total. The fourth-order valence-corrected chi connectivity index (χ4v) is 2.40. The number of hydrogen-bond acceptors (Lipinski definition) is 2. The molecule has 2 N–H and O–H groups in total. The van der Waals surface area contributed by atoms with E-state index in [1.165, 1.54) is 6.07 Å². The summed E-state index contributed by atoms with van der Waals surface area (Å²) >= 11 is 5.77. The SMILES string of the molecule is CN=C(NCCCc1cccc(F)c1)NCCc1ccc(Cl)nc1. The fourth-order valence-electron chi connectivity index (χ4n) is 2.29. The average Bonchev–Trinajstić information content (AvgIpc) is 2.59. The molecule has 0 saturated heterocycles. The number of rotatable bonds is 7. The molecule has 0 spiro atoms. The van der Waals surface area contributed by atoms with Gasteiger partial charge in [-0.3, -0.25) is 4.99 Å². The minimum Gasteiger partial charge on any atom is -0.356 e. The highest BCUT2D eigenvalue weighted by atomic mass is 35.5. The predicted octanol–water partition coefficient (Wildman–Crippen LogP) is 3.21. The van der Waals surface area contributed by atoms with E-state index in [1.54, 1.807) is 31.4 Å². The minimum absolute atomic E-state index is 0.186. The summed E-state index contributed by atoms with van der Waals surface area (Å²) in [7, 11) is 1.74. The Morgan fingerprint density at radius 1 is 1.12 bits per heavy atom. The first-order valence-corrected chi connectivity index (χ1v) is 8.34. The van der Waals surface area contributed by atoms with Gasteiger partial charge in [-0.05, 0) is 48.6 Å². The van der Waals surface area contributed by atoms with Gasteiger partial charge in [-0.15, -0.1) is 0 Å². The second-order valence-corrected chi connectivity index (χ2v) is 5.79. The third-order valence-electron chi connectivity index (χ3n) is 3.54. The van der Waals surface area contributed by atoms with Crippen molar-refractivity contribution >= 4 is 17.6 Å². The van der Waals surface area contributed by atoms with Crippen molar-refractivity contribution in [3.63, 3.8) is 0 Å². The quantitative estimate of drug-likeness (QED) is 0.349. The largest absolute Gasteiger partial charge is 0.356 e. The van der Waals surface area contributed by atoms with Crippen LogP contribution in [-0.2, 0) is 12.8 Å². The van der Waals surface area contributed by atoms with Crippen molar-refractivity contribution < 1.29 is 4.39 Å². The average molecular weight is 349 g/mol. The molecule has 0 aliphatic carbocycles. The lowest BCUT2D eigenvalue weighted by Crippen LogP contribution is -2.38. The van der Waals surface area contributed by atoms with Crippen molar-refractivity contribution in [3.05, 3.63) is 64.7 Å². The molecule has 1 heterocycles. The standard InChI is InChI=1S/C18H22ClFN4/c1-21-18(23-11-9-15-7-8-17(19)24-13-15)22-10-3-5-14-4-2-6-16(20)12-14/h2,4,6-8,12-13H,3,5,9-11H2,1H3,(H2,21,22,23). The van der Waals surface area contributed by atoms with Gasteiger partial charge in [0.15, 0.2) is 5.96 Å². The van der Waals surface area contributed by atoms with Gasteiger partial charge in [-0.25, -0.2) is 9.37 Å². The number of benzene rings is 1. The zero-order chi connectivity index (χ0) is 17.2. The summed E-state index contributed by atoms with van der Waals surface area (Å²) in [4.78, 5) is 8.25. The van der Waals surface area contributed by atoms with Gasteiger partial charge in [0.2, 0.25) is 0 Å². The van der Waals surface area contributed by atoms with E-state index in [9.17, 15) is 4.39 Å². The summed E-state index contributed by atoms with van der Waals surface area (Å²) in [5, 5.41) is 7.02. The number of hydrogen-bond donors (Lipinski definition) is 2. The third kappa shape index (κ3) is 6.54. The third-order valence-corrected chi connectivity index (χ3v) is 3.77. The summed E-state index contributed by atoms with van der Waals surface area (Å²) in [6, 6.07) is 10.5. The first kappa shape index (κ1) is 18.2. The first-order valence-electron chi connectivity index (χ1n) is 7.97. The van der Waals surface area contributed by atoms with Crippen LogP contribution < -0.4 is 10.6 Å². The number of aliphatic imine (C=N–C) groups is 1. The van der Waals surface area contributed by atoms with Gasteiger partial charge >= 0.3 is 0 Å². The van der Waals surface area contributed by atoms with Crippen LogP contribution in [0, 0.1) is 5.82 Å². The molecule has 0 fully saturated rings. The molecule has 0 unspecified atom stereocenters. The lowest BCUT2D eigenvalue weighted by molar-refractivity contribution is 0.624. The smallest absolute Gasteiger partial charge is 0.190 e. The van der Waals surface area contributed by atoms with Gasteiger partial charge in [-0.1, -0.05) is 29.8 Å². The van der Waals surface area contributed by atoms with Crippen LogP contribution in [0.5, 0.6) is 0 Å². The van der Waals surface area contributed by atoms with Crippen molar-refractivity contribution in [3.8, 4) is 0 Å². The molecule has 0 saturated carbocycles. The zero-order valence-electron chi connectivity index (χ0n) is 13.7. The van der Waals surface area contributed by atoms with Gasteiger partial charge in [0.25, 0.3) is 0 Å². The predicted molar refractivity (Wildman–Crippen MR) is 97.0 cm³/mol. The van der Waals surface area contributed by atoms with Crippen LogP contribution in [0.2, 0.25) is 5.15 Å². The molecule has 2 aromatic rings. The molecule has 0 atom stereocenters. The second kappa shape index (κ2) is 9.88. The molecule has 0 amide bonds. The number of halogens is 2. The van der Waals surface area contributed by atoms with Crippen LogP contribution in [0.4, 0.5) is 4.39 Å². The molecule has 0 bridgehead atoms. The number of aromatic nitrogens is 1. The summed E-state index contributed by atoms with van der Waals surface area (Å²) < 4.78 is 13.1. The first-order chi connectivity index (χ1) is 11.7. The Kier molecular flexibility index (Phi) is 7.49. The Hall–Kier alpha value is -2.14. The van der Waals surface area contributed by atoms with Gasteiger partial charge in [0.1, 0.15) is 11.0 Å². The van der Waals surface area contributed by atoms with Crippen LogP contribution in [0.15, 0.2) is 47.6 Å². The van der Waals surface area contributed by atoms with E-state index in [2.05, 4.69) is 20.6 Å². The maximum Gasteiger partial charge on any atom is 0.190 e. The molecule has 0 radical (unpaired) electrons. The Bertz CT molecular complexity index is 658. The van der Waals surface area contributed by atoms with Crippen molar-refractivity contribution in [2.24, 2.45) is 4.99 Å². The summed E-state index contributed by atoms with van der Waals surface area (Å²) in [6.45, 7) is 1.53. The molecule has 6 heteroatoms. The van der Waals surface area contributed by atoms with Crippen LogP contribution in [-0.4, -0.2) is 31.1 Å². The fraction of sp³-hybridized carbons (Fsp3) is 0.333. The Labute approximate surface area is 147 Å². The van der Waals surface area contributed by atoms with Crippen LogP contribution in [0.3, 0.4) is 0 Å². The molecule has 24 heavy (non-hydrogen) atoms. The van der Waals surface area contributed by atoms with Gasteiger partial charge in [-0.2, -0.15) is 0 Å². The molecular formula is C18H22ClFN4. The second-order valence-electron chi connectivity index (χ2n) is 5.40. The van der Waals surface area contributed by atoms with E-state index in [-0.39, 0.29) is 5.82 Å². The maximum absolute atomic E-state index is 13.1. The summed E-state index contributed by atoms with van der Waals surface area (Å²) in [5.41, 5.74) is 2.13. The normalized spacial score (nSPS) is 11.4. The topological polar surface area (TPSA) is 49.3 Å². The van der Waals surface area contributed by atoms with Gasteiger partial charge in [0, 0.05) is 26.3 Å². The van der Waals surface area contributed by atoms with Crippen molar-refractivity contribution in [2.45, 2.75) is 19.3 Å². The minimum atomic E-state index is -0.186. The number of nitrogens with zero attached hydrogens (tertiary/aromatic N) is 2. The van der Waals surface area contributed by atoms with E-state index in [1.807, 2.05) is 12.1 Å². The highest BCUT2D eigenvalue weighted by Crippen LogP contribution is 2.06. The summed E-state index contributed by atoms with van der Waals surface area (Å²) in [5.74, 6) is 0.575. The van der Waals surface area contributed by atoms with Crippen molar-refractivity contribution in [1.82, 2.24) is 15.6 Å². The monoisotopic (exact) mass is 348 g/mol. The van der Waals surface area contributed by atoms with E-state index in [4.69, 9.17) is 11.6 Å². The van der Waals surface area contributed by atoms with Crippen molar-refractivity contribution in [1.29, 1.82) is 0 Å². The number of guanidine groups is 1. The number of nitrogens with one attached hydrogen (secondary N) is 2. The molecule has 0 aliphatic heterocycles. The Balaban J connectivity index is 1.64. The molecule has 128 valence electrons. The van der Waals surface area contributed by atoms with E-state index < -0.39 is 0 Å². The van der Waals surface area contributed by atoms with Crippen LogP contribution in [0.1, 0.15) is 17.5 Å². The molecular weight excluding hydrogens is 327 g/mol. The highest BCUT2D eigenvalue weighted by Gasteiger charge is 2.00. The van der Waals surface area contributed by atoms with E-state index >= 15 is 0 Å². The lowest BCUT2D eigenvalue weighted by atomic mass is 10.1. The van der Waals surface area contributed by atoms with E-state index in [0.29, 0.717) is 5.15 Å². The Morgan fingerprint density at radius 2 is 1.96 bits per heavy atom. The molecule has 1 aromatic carbocycles. The lowest BCUT2D eigenvalue weighted by Gasteiger charge is -2.12.